The molecule has 252 valence electrons. The fraction of sp³-hybridized carbons (Fsp3) is 0.0755. The first-order valence-electron chi connectivity index (χ1n) is 19.1. The van der Waals surface area contributed by atoms with E-state index in [1.807, 2.05) is 0 Å². The molecule has 8 aromatic carbocycles. The van der Waals surface area contributed by atoms with Crippen LogP contribution in [0.3, 0.4) is 0 Å². The highest BCUT2D eigenvalue weighted by Crippen LogP contribution is 2.64. The van der Waals surface area contributed by atoms with Crippen molar-refractivity contribution in [2.75, 3.05) is 0 Å². The summed E-state index contributed by atoms with van der Waals surface area (Å²) in [5.74, 6) is 0. The maximum Gasteiger partial charge on any atom is 0.0788 e. The van der Waals surface area contributed by atoms with Gasteiger partial charge in [0.05, 0.1) is 16.6 Å². The van der Waals surface area contributed by atoms with Gasteiger partial charge in [0, 0.05) is 27.1 Å². The average Bonchev–Trinajstić information content (AvgIpc) is 3.79. The summed E-state index contributed by atoms with van der Waals surface area (Å²) >= 11 is 0. The number of hydrogen-bond donors (Lipinski definition) is 0. The summed E-state index contributed by atoms with van der Waals surface area (Å²) in [6, 6.07) is 65.6. The van der Waals surface area contributed by atoms with Crippen LogP contribution in [0.25, 0.3) is 77.4 Å². The number of hydrogen-bond acceptors (Lipinski definition) is 1. The van der Waals surface area contributed by atoms with E-state index in [0.717, 1.165) is 16.8 Å². The molecule has 0 unspecified atom stereocenters. The van der Waals surface area contributed by atoms with Crippen LogP contribution >= 0.6 is 0 Å². The first-order valence-corrected chi connectivity index (χ1v) is 19.1. The van der Waals surface area contributed by atoms with Gasteiger partial charge in [-0.05, 0) is 90.0 Å². The van der Waals surface area contributed by atoms with Gasteiger partial charge in [0.1, 0.15) is 0 Å². The van der Waals surface area contributed by atoms with Crippen LogP contribution in [-0.4, -0.2) is 4.98 Å². The van der Waals surface area contributed by atoms with Crippen LogP contribution in [0.2, 0.25) is 0 Å². The van der Waals surface area contributed by atoms with Gasteiger partial charge in [-0.3, -0.25) is 0 Å². The Morgan fingerprint density at radius 2 is 0.889 bits per heavy atom. The van der Waals surface area contributed by atoms with Crippen molar-refractivity contribution in [2.24, 2.45) is 0 Å². The van der Waals surface area contributed by atoms with E-state index in [9.17, 15) is 0 Å². The van der Waals surface area contributed by atoms with Gasteiger partial charge in [0.25, 0.3) is 0 Å². The largest absolute Gasteiger partial charge is 0.247 e. The Kier molecular flexibility index (Phi) is 5.84. The molecule has 3 aliphatic carbocycles. The molecule has 0 N–H and O–H groups in total. The van der Waals surface area contributed by atoms with Crippen LogP contribution in [0.15, 0.2) is 176 Å². The monoisotopic (exact) mass is 685 g/mol. The predicted octanol–water partition coefficient (Wildman–Crippen LogP) is 13.4. The number of benzene rings is 8. The van der Waals surface area contributed by atoms with E-state index in [1.165, 1.54) is 94.0 Å². The molecule has 0 bridgehead atoms. The Morgan fingerprint density at radius 1 is 0.370 bits per heavy atom. The molecule has 1 nitrogen and oxygen atoms in total. The molecule has 1 aromatic heterocycles. The minimum Gasteiger partial charge on any atom is -0.247 e. The maximum absolute atomic E-state index is 5.41. The lowest BCUT2D eigenvalue weighted by Crippen LogP contribution is -2.25. The zero-order valence-corrected chi connectivity index (χ0v) is 30.2. The highest BCUT2D eigenvalue weighted by molar-refractivity contribution is 6.20. The van der Waals surface area contributed by atoms with Gasteiger partial charge in [-0.1, -0.05) is 178 Å². The molecule has 3 aliphatic rings. The molecule has 0 fully saturated rings. The molecule has 0 radical (unpaired) electrons. The minimum atomic E-state index is -0.384. The zero-order valence-electron chi connectivity index (χ0n) is 30.2. The molecule has 12 rings (SSSR count). The van der Waals surface area contributed by atoms with Crippen LogP contribution in [0.4, 0.5) is 0 Å². The first-order chi connectivity index (χ1) is 26.5. The van der Waals surface area contributed by atoms with Crippen molar-refractivity contribution >= 4 is 21.7 Å². The van der Waals surface area contributed by atoms with Gasteiger partial charge in [0.2, 0.25) is 0 Å². The predicted molar refractivity (Wildman–Crippen MR) is 224 cm³/mol. The SMILES string of the molecule is CC1(C)c2ccccc2-c2ccc(-c3ccc(-c4nc5ccccc5c5c6c(ccc45)C4(c5ccccc5-c5ccccc54)c4ccccc4-6)cc3)cc21. The molecular weight excluding hydrogens is 651 g/mol. The van der Waals surface area contributed by atoms with Gasteiger partial charge in [-0.25, -0.2) is 4.98 Å². The Labute approximate surface area is 315 Å². The summed E-state index contributed by atoms with van der Waals surface area (Å²) in [6.45, 7) is 4.70. The van der Waals surface area contributed by atoms with E-state index in [0.29, 0.717) is 0 Å². The van der Waals surface area contributed by atoms with Crippen molar-refractivity contribution in [3.63, 3.8) is 0 Å². The van der Waals surface area contributed by atoms with E-state index in [1.54, 1.807) is 0 Å². The van der Waals surface area contributed by atoms with E-state index in [4.69, 9.17) is 4.98 Å². The summed E-state index contributed by atoms with van der Waals surface area (Å²) in [5.41, 5.74) is 21.5. The zero-order chi connectivity index (χ0) is 35.8. The van der Waals surface area contributed by atoms with Crippen molar-refractivity contribution in [3.8, 4) is 55.8 Å². The molecule has 54 heavy (non-hydrogen) atoms. The van der Waals surface area contributed by atoms with Gasteiger partial charge in [-0.15, -0.1) is 0 Å². The normalized spacial score (nSPS) is 14.8. The number of rotatable bonds is 2. The maximum atomic E-state index is 5.41. The van der Waals surface area contributed by atoms with Crippen LogP contribution in [-0.2, 0) is 10.8 Å². The highest BCUT2D eigenvalue weighted by Gasteiger charge is 2.52. The summed E-state index contributed by atoms with van der Waals surface area (Å²) in [6.07, 6.45) is 0. The minimum absolute atomic E-state index is 0.0318. The Hall–Kier alpha value is -6.57. The second-order valence-electron chi connectivity index (χ2n) is 15.8. The number of para-hydroxylation sites is 1. The Bertz CT molecular complexity index is 3030. The number of aromatic nitrogens is 1. The molecule has 9 aromatic rings. The average molecular weight is 686 g/mol. The molecule has 1 heterocycles. The van der Waals surface area contributed by atoms with Crippen LogP contribution in [0, 0.1) is 0 Å². The quantitative estimate of drug-likeness (QED) is 0.165. The van der Waals surface area contributed by atoms with Crippen LogP contribution < -0.4 is 0 Å². The topological polar surface area (TPSA) is 12.9 Å². The lowest BCUT2D eigenvalue weighted by Gasteiger charge is -2.30. The summed E-state index contributed by atoms with van der Waals surface area (Å²) < 4.78 is 0. The van der Waals surface area contributed by atoms with Crippen molar-refractivity contribution in [2.45, 2.75) is 24.7 Å². The van der Waals surface area contributed by atoms with Gasteiger partial charge >= 0.3 is 0 Å². The van der Waals surface area contributed by atoms with Gasteiger partial charge < -0.3 is 0 Å². The Morgan fingerprint density at radius 3 is 1.59 bits per heavy atom. The van der Waals surface area contributed by atoms with Crippen molar-refractivity contribution in [1.82, 2.24) is 4.98 Å². The molecule has 0 aliphatic heterocycles. The fourth-order valence-electron chi connectivity index (χ4n) is 10.5. The molecule has 1 spiro atoms. The van der Waals surface area contributed by atoms with Crippen molar-refractivity contribution < 1.29 is 0 Å². The third-order valence-electron chi connectivity index (χ3n) is 12.9. The number of nitrogens with zero attached hydrogens (tertiary/aromatic N) is 1. The Balaban J connectivity index is 1.07. The summed E-state index contributed by atoms with van der Waals surface area (Å²) in [5, 5.41) is 3.66. The molecule has 0 amide bonds. The van der Waals surface area contributed by atoms with E-state index >= 15 is 0 Å². The van der Waals surface area contributed by atoms with E-state index in [2.05, 4.69) is 190 Å². The lowest BCUT2D eigenvalue weighted by molar-refractivity contribution is 0.660. The van der Waals surface area contributed by atoms with Gasteiger partial charge in [-0.2, -0.15) is 0 Å². The van der Waals surface area contributed by atoms with Crippen molar-refractivity contribution in [1.29, 1.82) is 0 Å². The molecular formula is C53H35N. The lowest BCUT2D eigenvalue weighted by atomic mass is 9.70. The number of fused-ring (bicyclic) bond motifs is 17. The summed E-state index contributed by atoms with van der Waals surface area (Å²) in [4.78, 5) is 5.41. The van der Waals surface area contributed by atoms with Crippen LogP contribution in [0.5, 0.6) is 0 Å². The van der Waals surface area contributed by atoms with Gasteiger partial charge in [0.15, 0.2) is 0 Å². The second-order valence-corrected chi connectivity index (χ2v) is 15.8. The molecule has 0 atom stereocenters. The van der Waals surface area contributed by atoms with Crippen LogP contribution in [0.1, 0.15) is 47.2 Å². The fourth-order valence-corrected chi connectivity index (χ4v) is 10.5. The van der Waals surface area contributed by atoms with E-state index in [-0.39, 0.29) is 10.8 Å². The smallest absolute Gasteiger partial charge is 0.0788 e. The second kappa shape index (κ2) is 10.5. The molecule has 0 saturated heterocycles. The number of pyridine rings is 1. The van der Waals surface area contributed by atoms with E-state index < -0.39 is 0 Å². The molecule has 1 heteroatoms. The highest BCUT2D eigenvalue weighted by atomic mass is 14.7. The third-order valence-corrected chi connectivity index (χ3v) is 12.9. The first kappa shape index (κ1) is 29.9. The third kappa shape index (κ3) is 3.66. The van der Waals surface area contributed by atoms with Crippen molar-refractivity contribution in [3.05, 3.63) is 209 Å². The standard InChI is InChI=1S/C53H35N/c1-52(2)42-18-8-3-13-35(42)38-28-27-34(31-47(38)52)32-23-25-33(26-24-32)51-41-29-30-46-50(49(41)40-17-7-12-22-48(40)54-51)39-16-6-11-21-45(39)53(46)43-19-9-4-14-36(43)37-15-5-10-20-44(37)53/h3-31H,1-2H3. The molecule has 0 saturated carbocycles. The summed E-state index contributed by atoms with van der Waals surface area (Å²) in [7, 11) is 0.